The van der Waals surface area contributed by atoms with Gasteiger partial charge in [0.05, 0.1) is 16.1 Å². The Hall–Kier alpha value is -1.29. The summed E-state index contributed by atoms with van der Waals surface area (Å²) >= 11 is 6.28. The van der Waals surface area contributed by atoms with E-state index in [-0.39, 0.29) is 5.41 Å². The highest BCUT2D eigenvalue weighted by molar-refractivity contribution is 6.33. The summed E-state index contributed by atoms with van der Waals surface area (Å²) in [5.41, 5.74) is 1.03. The second-order valence-electron chi connectivity index (χ2n) is 8.80. The highest BCUT2D eigenvalue weighted by Gasteiger charge is 2.55. The van der Waals surface area contributed by atoms with Crippen LogP contribution in [0.3, 0.4) is 0 Å². The van der Waals surface area contributed by atoms with Gasteiger partial charge in [0.15, 0.2) is 0 Å². The summed E-state index contributed by atoms with van der Waals surface area (Å²) in [6.45, 7) is 3.36. The number of nitrogens with zero attached hydrogens (tertiary/aromatic N) is 3. The summed E-state index contributed by atoms with van der Waals surface area (Å²) in [5, 5.41) is 0.698. The summed E-state index contributed by atoms with van der Waals surface area (Å²) in [5.74, 6) is 2.94. The number of amides is 1. The number of halogens is 1. The van der Waals surface area contributed by atoms with E-state index in [1.165, 1.54) is 19.3 Å². The maximum atomic E-state index is 13.4. The third kappa shape index (κ3) is 2.64. The molecule has 0 aromatic carbocycles. The number of anilines is 1. The van der Waals surface area contributed by atoms with E-state index in [2.05, 4.69) is 14.8 Å². The molecular formula is C20H26ClN3O. The third-order valence-electron chi connectivity index (χ3n) is 7.15. The second kappa shape index (κ2) is 5.87. The average molecular weight is 360 g/mol. The molecule has 0 radical (unpaired) electrons. The van der Waals surface area contributed by atoms with Gasteiger partial charge in [-0.25, -0.2) is 0 Å². The number of piperazine rings is 1. The van der Waals surface area contributed by atoms with Gasteiger partial charge in [-0.05, 0) is 62.3 Å². The molecule has 4 saturated carbocycles. The zero-order valence-corrected chi connectivity index (χ0v) is 15.4. The van der Waals surface area contributed by atoms with Crippen LogP contribution in [0.15, 0.2) is 18.5 Å². The van der Waals surface area contributed by atoms with Crippen LogP contribution in [-0.4, -0.2) is 42.0 Å². The summed E-state index contributed by atoms with van der Waals surface area (Å²) < 4.78 is 0. The molecule has 5 heteroatoms. The summed E-state index contributed by atoms with van der Waals surface area (Å²) in [4.78, 5) is 21.9. The van der Waals surface area contributed by atoms with Crippen molar-refractivity contribution in [1.82, 2.24) is 9.88 Å². The molecule has 4 nitrogen and oxygen atoms in total. The molecule has 25 heavy (non-hydrogen) atoms. The topological polar surface area (TPSA) is 36.4 Å². The number of aromatic nitrogens is 1. The molecule has 0 N–H and O–H groups in total. The molecule has 0 unspecified atom stereocenters. The maximum absolute atomic E-state index is 13.4. The van der Waals surface area contributed by atoms with Gasteiger partial charge in [0.25, 0.3) is 0 Å². The fourth-order valence-corrected chi connectivity index (χ4v) is 6.72. The molecule has 6 rings (SSSR count). The Morgan fingerprint density at radius 2 is 1.64 bits per heavy atom. The molecule has 134 valence electrons. The first kappa shape index (κ1) is 15.9. The number of carbonyl (C=O) groups excluding carboxylic acids is 1. The van der Waals surface area contributed by atoms with E-state index in [1.807, 2.05) is 6.07 Å². The lowest BCUT2D eigenvalue weighted by Crippen LogP contribution is -2.58. The zero-order chi connectivity index (χ0) is 17.0. The van der Waals surface area contributed by atoms with Gasteiger partial charge in [-0.1, -0.05) is 11.6 Å². The lowest BCUT2D eigenvalue weighted by Gasteiger charge is -2.57. The highest BCUT2D eigenvalue weighted by atomic mass is 35.5. The molecular weight excluding hydrogens is 334 g/mol. The van der Waals surface area contributed by atoms with Gasteiger partial charge in [0.2, 0.25) is 5.91 Å². The Morgan fingerprint density at radius 1 is 1.04 bits per heavy atom. The lowest BCUT2D eigenvalue weighted by atomic mass is 9.49. The largest absolute Gasteiger partial charge is 0.367 e. The number of hydrogen-bond acceptors (Lipinski definition) is 3. The van der Waals surface area contributed by atoms with E-state index >= 15 is 0 Å². The summed E-state index contributed by atoms with van der Waals surface area (Å²) in [6.07, 6.45) is 11.1. The first-order chi connectivity index (χ1) is 12.1. The predicted molar refractivity (Wildman–Crippen MR) is 98.6 cm³/mol. The molecule has 4 aliphatic carbocycles. The van der Waals surface area contributed by atoms with Crippen molar-refractivity contribution in [2.45, 2.75) is 38.5 Å². The van der Waals surface area contributed by atoms with E-state index in [0.29, 0.717) is 10.9 Å². The standard InChI is InChI=1S/C20H26ClN3O/c21-17-13-22-2-1-18(17)23-3-5-24(6-4-23)19(25)20-10-14-7-15(11-20)9-16(8-14)12-20/h1-2,13-16H,3-12H2. The number of carbonyl (C=O) groups is 1. The predicted octanol–water partition coefficient (Wildman–Crippen LogP) is 3.60. The lowest BCUT2D eigenvalue weighted by molar-refractivity contribution is -0.158. The van der Waals surface area contributed by atoms with Crippen molar-refractivity contribution in [3.63, 3.8) is 0 Å². The van der Waals surface area contributed by atoms with E-state index in [9.17, 15) is 4.79 Å². The zero-order valence-electron chi connectivity index (χ0n) is 14.7. The van der Waals surface area contributed by atoms with E-state index in [4.69, 9.17) is 11.6 Å². The molecule has 2 heterocycles. The normalized spacial score (nSPS) is 36.8. The van der Waals surface area contributed by atoms with Crippen molar-refractivity contribution in [3.05, 3.63) is 23.5 Å². The maximum Gasteiger partial charge on any atom is 0.228 e. The van der Waals surface area contributed by atoms with Gasteiger partial charge in [0.1, 0.15) is 0 Å². The van der Waals surface area contributed by atoms with Gasteiger partial charge in [-0.3, -0.25) is 9.78 Å². The minimum absolute atomic E-state index is 0.00870. The quantitative estimate of drug-likeness (QED) is 0.809. The number of rotatable bonds is 2. The van der Waals surface area contributed by atoms with E-state index < -0.39 is 0 Å². The molecule has 4 bridgehead atoms. The smallest absolute Gasteiger partial charge is 0.228 e. The molecule has 5 aliphatic rings. The monoisotopic (exact) mass is 359 g/mol. The Morgan fingerprint density at radius 3 is 2.20 bits per heavy atom. The van der Waals surface area contributed by atoms with Crippen molar-refractivity contribution < 1.29 is 4.79 Å². The Labute approximate surface area is 154 Å². The van der Waals surface area contributed by atoms with Crippen molar-refractivity contribution in [3.8, 4) is 0 Å². The molecule has 1 aromatic heterocycles. The first-order valence-corrected chi connectivity index (χ1v) is 10.1. The van der Waals surface area contributed by atoms with Crippen molar-refractivity contribution in [2.75, 3.05) is 31.1 Å². The van der Waals surface area contributed by atoms with Crippen molar-refractivity contribution in [1.29, 1.82) is 0 Å². The van der Waals surface area contributed by atoms with Crippen LogP contribution in [0.4, 0.5) is 5.69 Å². The first-order valence-electron chi connectivity index (χ1n) is 9.77. The van der Waals surface area contributed by atoms with E-state index in [1.54, 1.807) is 12.4 Å². The van der Waals surface area contributed by atoms with Gasteiger partial charge in [-0.2, -0.15) is 0 Å². The van der Waals surface area contributed by atoms with Crippen LogP contribution in [0, 0.1) is 23.2 Å². The highest BCUT2D eigenvalue weighted by Crippen LogP contribution is 2.60. The van der Waals surface area contributed by atoms with Crippen LogP contribution < -0.4 is 4.90 Å². The van der Waals surface area contributed by atoms with E-state index in [0.717, 1.165) is 68.9 Å². The number of pyridine rings is 1. The Kier molecular flexibility index (Phi) is 3.74. The van der Waals surface area contributed by atoms with Crippen LogP contribution in [0.5, 0.6) is 0 Å². The van der Waals surface area contributed by atoms with Crippen LogP contribution in [0.2, 0.25) is 5.02 Å². The van der Waals surface area contributed by atoms with Crippen molar-refractivity contribution in [2.24, 2.45) is 23.2 Å². The minimum atomic E-state index is -0.00870. The summed E-state index contributed by atoms with van der Waals surface area (Å²) in [6, 6.07) is 1.97. The van der Waals surface area contributed by atoms with Crippen LogP contribution in [-0.2, 0) is 4.79 Å². The Balaban J connectivity index is 1.28. The fraction of sp³-hybridized carbons (Fsp3) is 0.700. The summed E-state index contributed by atoms with van der Waals surface area (Å²) in [7, 11) is 0. The molecule has 1 aliphatic heterocycles. The Bertz CT molecular complexity index is 648. The van der Waals surface area contributed by atoms with Crippen molar-refractivity contribution >= 4 is 23.2 Å². The second-order valence-corrected chi connectivity index (χ2v) is 9.21. The molecule has 5 fully saturated rings. The van der Waals surface area contributed by atoms with Gasteiger partial charge < -0.3 is 9.80 Å². The minimum Gasteiger partial charge on any atom is -0.367 e. The molecule has 1 aromatic rings. The van der Waals surface area contributed by atoms with Gasteiger partial charge in [0, 0.05) is 38.6 Å². The van der Waals surface area contributed by atoms with Crippen LogP contribution >= 0.6 is 11.6 Å². The fourth-order valence-electron chi connectivity index (χ4n) is 6.48. The average Bonchev–Trinajstić information content (AvgIpc) is 2.61. The third-order valence-corrected chi connectivity index (χ3v) is 7.44. The molecule has 0 spiro atoms. The number of hydrogen-bond donors (Lipinski definition) is 0. The van der Waals surface area contributed by atoms with Gasteiger partial charge in [-0.15, -0.1) is 0 Å². The molecule has 0 atom stereocenters. The van der Waals surface area contributed by atoms with Crippen LogP contribution in [0.25, 0.3) is 0 Å². The van der Waals surface area contributed by atoms with Gasteiger partial charge >= 0.3 is 0 Å². The SMILES string of the molecule is O=C(N1CCN(c2ccncc2Cl)CC1)C12CC3CC(CC(C3)C1)C2. The molecule has 1 saturated heterocycles. The molecule has 1 amide bonds. The van der Waals surface area contributed by atoms with Crippen LogP contribution in [0.1, 0.15) is 38.5 Å².